The molecule has 88 valence electrons. The maximum absolute atomic E-state index is 11.3. The number of nitrogens with two attached hydrogens (primary N) is 1. The second-order valence-corrected chi connectivity index (χ2v) is 3.41. The van der Waals surface area contributed by atoms with Crippen molar-refractivity contribution < 1.29 is 26.6 Å². The van der Waals surface area contributed by atoms with Gasteiger partial charge in [-0.3, -0.25) is 9.59 Å². The lowest BCUT2D eigenvalue weighted by molar-refractivity contribution is -0.685. The molecule has 1 heterocycles. The van der Waals surface area contributed by atoms with Crippen LogP contribution < -0.4 is 22.7 Å². The van der Waals surface area contributed by atoms with E-state index in [1.54, 1.807) is 43.2 Å². The van der Waals surface area contributed by atoms with Crippen LogP contribution in [0.25, 0.3) is 0 Å². The highest BCUT2D eigenvalue weighted by atomic mass is 35.5. The molecule has 16 heavy (non-hydrogen) atoms. The molecule has 0 bridgehead atoms. The van der Waals surface area contributed by atoms with Crippen LogP contribution in [0.2, 0.25) is 0 Å². The Morgan fingerprint density at radius 1 is 1.31 bits per heavy atom. The highest BCUT2D eigenvalue weighted by molar-refractivity contribution is 5.92. The summed E-state index contributed by atoms with van der Waals surface area (Å²) in [4.78, 5) is 23.6. The maximum atomic E-state index is 11.3. The second kappa shape index (κ2) is 6.07. The maximum Gasteiger partial charge on any atom is 0.288 e. The number of amides is 2. The Labute approximate surface area is 100 Å². The third-order valence-electron chi connectivity index (χ3n) is 1.99. The molecule has 0 aliphatic rings. The van der Waals surface area contributed by atoms with Gasteiger partial charge in [-0.05, 0) is 0 Å². The molecule has 0 aromatic carbocycles. The number of carbonyl (C=O) groups is 2. The fourth-order valence-electron chi connectivity index (χ4n) is 1.02. The number of hydrogen-bond donors (Lipinski definition) is 1. The molecule has 1 aromatic heterocycles. The van der Waals surface area contributed by atoms with Crippen molar-refractivity contribution >= 4 is 11.8 Å². The second-order valence-electron chi connectivity index (χ2n) is 3.41. The first-order chi connectivity index (χ1) is 7.00. The molecule has 0 atom stereocenters. The zero-order valence-electron chi connectivity index (χ0n) is 9.18. The normalized spacial score (nSPS) is 9.12. The fourth-order valence-corrected chi connectivity index (χ4v) is 1.02. The number of hydrogen-bond acceptors (Lipinski definition) is 2. The van der Waals surface area contributed by atoms with Crippen molar-refractivity contribution in [2.75, 3.05) is 14.1 Å². The average molecular weight is 244 g/mol. The number of aromatic nitrogens is 1. The molecule has 1 rings (SSSR count). The fraction of sp³-hybridized carbons (Fsp3) is 0.300. The first-order valence-corrected chi connectivity index (χ1v) is 4.50. The van der Waals surface area contributed by atoms with E-state index in [2.05, 4.69) is 0 Å². The Morgan fingerprint density at radius 2 is 1.81 bits per heavy atom. The highest BCUT2D eigenvalue weighted by Gasteiger charge is 2.11. The van der Waals surface area contributed by atoms with Gasteiger partial charge in [0.15, 0.2) is 12.4 Å². The molecule has 2 amide bonds. The standard InChI is InChI=1S/C10H13N3O2.ClH/c1-12(2)9(14)7-13-5-3-8(4-6-13)10(11)15;/h3-6H,7H2,1-2H3,(H-,11,15);1H. The first kappa shape index (κ1) is 14.4. The summed E-state index contributed by atoms with van der Waals surface area (Å²) in [5.74, 6) is -0.479. The van der Waals surface area contributed by atoms with E-state index < -0.39 is 5.91 Å². The number of halogens is 1. The van der Waals surface area contributed by atoms with Crippen LogP contribution in [0.1, 0.15) is 10.4 Å². The Morgan fingerprint density at radius 3 is 2.19 bits per heavy atom. The van der Waals surface area contributed by atoms with E-state index in [9.17, 15) is 9.59 Å². The van der Waals surface area contributed by atoms with Gasteiger partial charge in [0.1, 0.15) is 0 Å². The molecule has 0 aliphatic heterocycles. The van der Waals surface area contributed by atoms with Gasteiger partial charge in [0.05, 0.1) is 5.56 Å². The minimum atomic E-state index is -0.471. The van der Waals surface area contributed by atoms with Crippen LogP contribution in [0.3, 0.4) is 0 Å². The van der Waals surface area contributed by atoms with Gasteiger partial charge in [-0.1, -0.05) is 0 Å². The van der Waals surface area contributed by atoms with Crippen molar-refractivity contribution in [1.29, 1.82) is 0 Å². The predicted molar refractivity (Wildman–Crippen MR) is 53.8 cm³/mol. The van der Waals surface area contributed by atoms with Crippen LogP contribution in [0.15, 0.2) is 24.5 Å². The number of rotatable bonds is 3. The summed E-state index contributed by atoms with van der Waals surface area (Å²) in [6.45, 7) is 0.256. The lowest BCUT2D eigenvalue weighted by Crippen LogP contribution is -3.00. The highest BCUT2D eigenvalue weighted by Crippen LogP contribution is 1.92. The van der Waals surface area contributed by atoms with Crippen molar-refractivity contribution in [3.63, 3.8) is 0 Å². The van der Waals surface area contributed by atoms with Gasteiger partial charge < -0.3 is 23.0 Å². The number of primary amides is 1. The van der Waals surface area contributed by atoms with E-state index in [1.807, 2.05) is 0 Å². The third-order valence-corrected chi connectivity index (χ3v) is 1.99. The average Bonchev–Trinajstić information content (AvgIpc) is 2.18. The van der Waals surface area contributed by atoms with Gasteiger partial charge in [0.25, 0.3) is 5.91 Å². The molecule has 2 N–H and O–H groups in total. The van der Waals surface area contributed by atoms with Crippen molar-refractivity contribution in [2.45, 2.75) is 6.54 Å². The lowest BCUT2D eigenvalue weighted by atomic mass is 10.2. The summed E-state index contributed by atoms with van der Waals surface area (Å²) < 4.78 is 1.69. The molecule has 0 unspecified atom stereocenters. The van der Waals surface area contributed by atoms with Crippen molar-refractivity contribution in [3.8, 4) is 0 Å². The molecular weight excluding hydrogens is 230 g/mol. The van der Waals surface area contributed by atoms with E-state index in [1.165, 1.54) is 4.90 Å². The number of carbonyl (C=O) groups excluding carboxylic acids is 2. The van der Waals surface area contributed by atoms with Crippen LogP contribution >= 0.6 is 0 Å². The quantitative estimate of drug-likeness (QED) is 0.553. The molecule has 0 saturated carbocycles. The van der Waals surface area contributed by atoms with Crippen molar-refractivity contribution in [1.82, 2.24) is 4.90 Å². The van der Waals surface area contributed by atoms with Crippen LogP contribution in [-0.4, -0.2) is 30.8 Å². The number of nitrogens with zero attached hydrogens (tertiary/aromatic N) is 2. The molecule has 0 saturated heterocycles. The third kappa shape index (κ3) is 3.86. The zero-order valence-corrected chi connectivity index (χ0v) is 9.94. The molecular formula is C10H14ClN3O2. The largest absolute Gasteiger partial charge is 1.00 e. The van der Waals surface area contributed by atoms with E-state index >= 15 is 0 Å². The lowest BCUT2D eigenvalue weighted by Gasteiger charge is -2.06. The summed E-state index contributed by atoms with van der Waals surface area (Å²) in [5, 5.41) is 0. The molecule has 5 nitrogen and oxygen atoms in total. The number of likely N-dealkylation sites (N-methyl/N-ethyl adjacent to an activating group) is 1. The van der Waals surface area contributed by atoms with E-state index in [0.717, 1.165) is 0 Å². The molecule has 0 spiro atoms. The van der Waals surface area contributed by atoms with Crippen molar-refractivity contribution in [3.05, 3.63) is 30.1 Å². The van der Waals surface area contributed by atoms with Crippen LogP contribution in [0, 0.1) is 0 Å². The Bertz CT molecular complexity index is 376. The monoisotopic (exact) mass is 243 g/mol. The molecule has 0 radical (unpaired) electrons. The zero-order chi connectivity index (χ0) is 11.4. The van der Waals surface area contributed by atoms with Gasteiger partial charge in [0.2, 0.25) is 12.5 Å². The van der Waals surface area contributed by atoms with E-state index in [4.69, 9.17) is 5.73 Å². The molecule has 1 aromatic rings. The number of pyridine rings is 1. The summed E-state index contributed by atoms with van der Waals surface area (Å²) in [6, 6.07) is 3.18. The smallest absolute Gasteiger partial charge is 0.288 e. The van der Waals surface area contributed by atoms with Gasteiger partial charge in [-0.25, -0.2) is 0 Å². The van der Waals surface area contributed by atoms with E-state index in [-0.39, 0.29) is 24.9 Å². The minimum absolute atomic E-state index is 0. The molecule has 0 aliphatic carbocycles. The van der Waals surface area contributed by atoms with Crippen LogP contribution in [-0.2, 0) is 11.3 Å². The predicted octanol–water partition coefficient (Wildman–Crippen LogP) is -3.83. The van der Waals surface area contributed by atoms with Gasteiger partial charge in [-0.15, -0.1) is 0 Å². The van der Waals surface area contributed by atoms with E-state index in [0.29, 0.717) is 5.56 Å². The topological polar surface area (TPSA) is 67.3 Å². The van der Waals surface area contributed by atoms with Gasteiger partial charge in [0, 0.05) is 26.2 Å². The van der Waals surface area contributed by atoms with Gasteiger partial charge in [-0.2, -0.15) is 4.57 Å². The first-order valence-electron chi connectivity index (χ1n) is 4.50. The molecule has 0 fully saturated rings. The Hall–Kier alpha value is -1.62. The van der Waals surface area contributed by atoms with Crippen LogP contribution in [0.4, 0.5) is 0 Å². The Kier molecular flexibility index (Phi) is 5.46. The molecule has 6 heteroatoms. The van der Waals surface area contributed by atoms with Gasteiger partial charge >= 0.3 is 0 Å². The van der Waals surface area contributed by atoms with Crippen molar-refractivity contribution in [2.24, 2.45) is 5.73 Å². The summed E-state index contributed by atoms with van der Waals surface area (Å²) in [5.41, 5.74) is 5.52. The summed E-state index contributed by atoms with van der Waals surface area (Å²) in [7, 11) is 3.39. The Balaban J connectivity index is 0.00000225. The van der Waals surface area contributed by atoms with Crippen LogP contribution in [0.5, 0.6) is 0 Å². The SMILES string of the molecule is CN(C)C(=O)C[n+]1ccc(C(N)=O)cc1.[Cl-]. The summed E-state index contributed by atoms with van der Waals surface area (Å²) >= 11 is 0. The minimum Gasteiger partial charge on any atom is -1.00 e. The summed E-state index contributed by atoms with van der Waals surface area (Å²) in [6.07, 6.45) is 3.31.